The summed E-state index contributed by atoms with van der Waals surface area (Å²) in [7, 11) is 0. The monoisotopic (exact) mass is 238 g/mol. The van der Waals surface area contributed by atoms with Gasteiger partial charge in [0.25, 0.3) is 5.91 Å². The molecule has 0 radical (unpaired) electrons. The Morgan fingerprint density at radius 3 is 2.81 bits per heavy atom. The van der Waals surface area contributed by atoms with Gasteiger partial charge in [0.05, 0.1) is 28.5 Å². The van der Waals surface area contributed by atoms with E-state index in [0.29, 0.717) is 23.4 Å². The lowest BCUT2D eigenvalue weighted by Crippen LogP contribution is -2.33. The second kappa shape index (κ2) is 5.50. The van der Waals surface area contributed by atoms with Gasteiger partial charge in [-0.15, -0.1) is 0 Å². The normalized spacial score (nSPS) is 9.88. The van der Waals surface area contributed by atoms with Gasteiger partial charge in [-0.25, -0.2) is 0 Å². The molecular formula is C10H14N4OS. The minimum Gasteiger partial charge on any atom is -0.392 e. The van der Waals surface area contributed by atoms with Crippen molar-refractivity contribution in [2.75, 3.05) is 6.54 Å². The first-order valence-electron chi connectivity index (χ1n) is 4.94. The fourth-order valence-corrected chi connectivity index (χ4v) is 1.31. The molecule has 0 spiro atoms. The van der Waals surface area contributed by atoms with Gasteiger partial charge in [0.15, 0.2) is 0 Å². The Morgan fingerprint density at radius 2 is 2.25 bits per heavy atom. The number of rotatable bonds is 4. The summed E-state index contributed by atoms with van der Waals surface area (Å²) in [6.07, 6.45) is 0.656. The Kier molecular flexibility index (Phi) is 4.30. The minimum absolute atomic E-state index is 0.193. The van der Waals surface area contributed by atoms with E-state index in [2.05, 4.69) is 27.7 Å². The molecule has 0 unspecified atom stereocenters. The van der Waals surface area contributed by atoms with E-state index >= 15 is 0 Å². The van der Waals surface area contributed by atoms with Crippen LogP contribution in [0.3, 0.4) is 0 Å². The van der Waals surface area contributed by atoms with Crippen LogP contribution in [0.15, 0.2) is 6.07 Å². The maximum absolute atomic E-state index is 11.8. The predicted molar refractivity (Wildman–Crippen MR) is 65.3 cm³/mol. The zero-order chi connectivity index (χ0) is 12.1. The van der Waals surface area contributed by atoms with E-state index < -0.39 is 0 Å². The highest BCUT2D eigenvalue weighted by atomic mass is 32.1. The zero-order valence-electron chi connectivity index (χ0n) is 9.28. The summed E-state index contributed by atoms with van der Waals surface area (Å²) in [6, 6.07) is 1.71. The fourth-order valence-electron chi connectivity index (χ4n) is 1.23. The third kappa shape index (κ3) is 3.23. The topological polar surface area (TPSA) is 80.9 Å². The molecule has 0 aliphatic heterocycles. The number of hydrogen-bond acceptors (Lipinski definition) is 4. The van der Waals surface area contributed by atoms with Crippen molar-refractivity contribution >= 4 is 23.1 Å². The molecule has 0 aliphatic rings. The van der Waals surface area contributed by atoms with Crippen molar-refractivity contribution in [1.29, 1.82) is 0 Å². The van der Waals surface area contributed by atoms with Gasteiger partial charge in [-0.05, 0) is 19.4 Å². The van der Waals surface area contributed by atoms with Crippen LogP contribution in [-0.2, 0) is 6.42 Å². The van der Waals surface area contributed by atoms with Crippen molar-refractivity contribution < 1.29 is 4.79 Å². The molecule has 86 valence electrons. The SMILES string of the molecule is CCc1nnc(C)cc1C(=O)NCC(N)=S. The molecule has 1 aromatic heterocycles. The van der Waals surface area contributed by atoms with E-state index in [-0.39, 0.29) is 17.4 Å². The highest BCUT2D eigenvalue weighted by Crippen LogP contribution is 2.06. The number of nitrogens with two attached hydrogens (primary N) is 1. The maximum Gasteiger partial charge on any atom is 0.253 e. The second-order valence-corrected chi connectivity index (χ2v) is 3.87. The first-order valence-corrected chi connectivity index (χ1v) is 5.35. The molecule has 16 heavy (non-hydrogen) atoms. The fraction of sp³-hybridized carbons (Fsp3) is 0.400. The molecule has 0 aromatic carbocycles. The quantitative estimate of drug-likeness (QED) is 0.740. The van der Waals surface area contributed by atoms with E-state index in [1.54, 1.807) is 13.0 Å². The minimum atomic E-state index is -0.220. The molecular weight excluding hydrogens is 224 g/mol. The number of thiocarbonyl (C=S) groups is 1. The van der Waals surface area contributed by atoms with Crippen molar-refractivity contribution in [2.24, 2.45) is 5.73 Å². The summed E-state index contributed by atoms with van der Waals surface area (Å²) >= 11 is 4.69. The van der Waals surface area contributed by atoms with Crippen LogP contribution in [0.4, 0.5) is 0 Å². The van der Waals surface area contributed by atoms with Gasteiger partial charge in [-0.3, -0.25) is 4.79 Å². The van der Waals surface area contributed by atoms with E-state index in [0.717, 1.165) is 0 Å². The van der Waals surface area contributed by atoms with Crippen LogP contribution < -0.4 is 11.1 Å². The van der Waals surface area contributed by atoms with Crippen LogP contribution in [0, 0.1) is 6.92 Å². The van der Waals surface area contributed by atoms with E-state index in [9.17, 15) is 4.79 Å². The largest absolute Gasteiger partial charge is 0.392 e. The lowest BCUT2D eigenvalue weighted by Gasteiger charge is -2.07. The van der Waals surface area contributed by atoms with Gasteiger partial charge in [0.2, 0.25) is 0 Å². The summed E-state index contributed by atoms with van der Waals surface area (Å²) in [5, 5.41) is 10.5. The Bertz CT molecular complexity index is 419. The lowest BCUT2D eigenvalue weighted by molar-refractivity contribution is 0.0957. The van der Waals surface area contributed by atoms with Gasteiger partial charge in [0, 0.05) is 0 Å². The summed E-state index contributed by atoms with van der Waals surface area (Å²) in [5.41, 5.74) is 7.22. The molecule has 0 saturated carbocycles. The highest BCUT2D eigenvalue weighted by molar-refractivity contribution is 7.80. The second-order valence-electron chi connectivity index (χ2n) is 3.35. The molecule has 1 aromatic rings. The number of carbonyl (C=O) groups excluding carboxylic acids is 1. The number of aryl methyl sites for hydroxylation is 2. The molecule has 0 saturated heterocycles. The first-order chi connectivity index (χ1) is 7.54. The van der Waals surface area contributed by atoms with E-state index in [1.807, 2.05) is 6.92 Å². The number of amides is 1. The standard InChI is InChI=1S/C10H14N4OS/c1-3-8-7(4-6(2)13-14-8)10(15)12-5-9(11)16/h4H,3,5H2,1-2H3,(H2,11,16)(H,12,15). The summed E-state index contributed by atoms with van der Waals surface area (Å²) in [5.74, 6) is -0.220. The van der Waals surface area contributed by atoms with Gasteiger partial charge in [-0.2, -0.15) is 10.2 Å². The number of nitrogens with one attached hydrogen (secondary N) is 1. The highest BCUT2D eigenvalue weighted by Gasteiger charge is 2.12. The lowest BCUT2D eigenvalue weighted by atomic mass is 10.1. The molecule has 0 atom stereocenters. The Balaban J connectivity index is 2.88. The summed E-state index contributed by atoms with van der Waals surface area (Å²) in [6.45, 7) is 3.90. The van der Waals surface area contributed by atoms with Crippen molar-refractivity contribution in [1.82, 2.24) is 15.5 Å². The van der Waals surface area contributed by atoms with Gasteiger partial charge in [0.1, 0.15) is 0 Å². The molecule has 0 aliphatic carbocycles. The summed E-state index contributed by atoms with van der Waals surface area (Å²) in [4.78, 5) is 12.0. The van der Waals surface area contributed by atoms with Crippen LogP contribution in [0.2, 0.25) is 0 Å². The van der Waals surface area contributed by atoms with Gasteiger partial charge < -0.3 is 11.1 Å². The maximum atomic E-state index is 11.8. The third-order valence-corrected chi connectivity index (χ3v) is 2.14. The molecule has 0 bridgehead atoms. The smallest absolute Gasteiger partial charge is 0.253 e. The molecule has 1 amide bonds. The van der Waals surface area contributed by atoms with Crippen molar-refractivity contribution in [3.63, 3.8) is 0 Å². The number of hydrogen-bond donors (Lipinski definition) is 2. The average molecular weight is 238 g/mol. The Hall–Kier alpha value is -1.56. The molecule has 1 heterocycles. The first kappa shape index (κ1) is 12.5. The number of carbonyl (C=O) groups is 1. The molecule has 6 heteroatoms. The van der Waals surface area contributed by atoms with Gasteiger partial charge >= 0.3 is 0 Å². The van der Waals surface area contributed by atoms with Crippen LogP contribution in [0.1, 0.15) is 28.7 Å². The zero-order valence-corrected chi connectivity index (χ0v) is 10.1. The Labute approximate surface area is 99.4 Å². The molecule has 3 N–H and O–H groups in total. The van der Waals surface area contributed by atoms with E-state index in [4.69, 9.17) is 5.73 Å². The van der Waals surface area contributed by atoms with Crippen LogP contribution in [0.25, 0.3) is 0 Å². The van der Waals surface area contributed by atoms with Crippen LogP contribution in [0.5, 0.6) is 0 Å². The number of aromatic nitrogens is 2. The van der Waals surface area contributed by atoms with Gasteiger partial charge in [-0.1, -0.05) is 19.1 Å². The Morgan fingerprint density at radius 1 is 1.56 bits per heavy atom. The predicted octanol–water partition coefficient (Wildman–Crippen LogP) is 0.363. The third-order valence-electron chi connectivity index (χ3n) is 2.00. The number of nitrogens with zero attached hydrogens (tertiary/aromatic N) is 2. The van der Waals surface area contributed by atoms with Crippen LogP contribution in [-0.4, -0.2) is 27.6 Å². The van der Waals surface area contributed by atoms with Crippen molar-refractivity contribution in [3.8, 4) is 0 Å². The molecule has 0 fully saturated rings. The van der Waals surface area contributed by atoms with Crippen molar-refractivity contribution in [2.45, 2.75) is 20.3 Å². The average Bonchev–Trinajstić information content (AvgIpc) is 2.25. The van der Waals surface area contributed by atoms with Crippen molar-refractivity contribution in [3.05, 3.63) is 23.0 Å². The van der Waals surface area contributed by atoms with E-state index in [1.165, 1.54) is 0 Å². The molecule has 5 nitrogen and oxygen atoms in total. The molecule has 1 rings (SSSR count). The van der Waals surface area contributed by atoms with Crippen LogP contribution >= 0.6 is 12.2 Å². The summed E-state index contributed by atoms with van der Waals surface area (Å²) < 4.78 is 0.